The van der Waals surface area contributed by atoms with Gasteiger partial charge in [0.15, 0.2) is 0 Å². The second-order valence-electron chi connectivity index (χ2n) is 5.94. The third kappa shape index (κ3) is 2.42. The van der Waals surface area contributed by atoms with Gasteiger partial charge in [-0.05, 0) is 37.1 Å². The minimum Gasteiger partial charge on any atom is -0.481 e. The normalized spacial score (nSPS) is 23.1. The van der Waals surface area contributed by atoms with Gasteiger partial charge in [0.1, 0.15) is 0 Å². The van der Waals surface area contributed by atoms with E-state index in [1.54, 1.807) is 4.90 Å². The third-order valence-electron chi connectivity index (χ3n) is 4.72. The van der Waals surface area contributed by atoms with Crippen LogP contribution in [0.1, 0.15) is 24.8 Å². The first-order valence-corrected chi connectivity index (χ1v) is 7.43. The number of para-hydroxylation sites is 1. The Bertz CT molecular complexity index is 568. The fourth-order valence-electron chi connectivity index (χ4n) is 3.16. The predicted octanol–water partition coefficient (Wildman–Crippen LogP) is 1.45. The number of carboxylic acids is 1. The van der Waals surface area contributed by atoms with Crippen LogP contribution in [-0.2, 0) is 9.59 Å². The van der Waals surface area contributed by atoms with Crippen LogP contribution in [0.5, 0.6) is 0 Å². The molecule has 2 aliphatic heterocycles. The number of carbonyl (C=O) groups is 2. The molecule has 0 saturated carbocycles. The molecule has 3 rings (SSSR count). The van der Waals surface area contributed by atoms with Crippen LogP contribution < -0.4 is 10.2 Å². The number of benzene rings is 1. The summed E-state index contributed by atoms with van der Waals surface area (Å²) in [7, 11) is 0. The summed E-state index contributed by atoms with van der Waals surface area (Å²) in [5.41, 5.74) is 1.52. The highest BCUT2D eigenvalue weighted by molar-refractivity contribution is 5.97. The maximum atomic E-state index is 12.7. The Labute approximate surface area is 123 Å². The minimum atomic E-state index is -0.814. The van der Waals surface area contributed by atoms with Crippen LogP contribution in [0, 0.1) is 11.8 Å². The minimum absolute atomic E-state index is 0.0271. The van der Waals surface area contributed by atoms with Crippen molar-refractivity contribution in [1.82, 2.24) is 5.32 Å². The first-order valence-electron chi connectivity index (χ1n) is 7.43. The molecular weight excluding hydrogens is 268 g/mol. The SMILES string of the molecule is CC(C(=O)N1CCC(C(=O)O)c2ccccc21)C1CNC1. The summed E-state index contributed by atoms with van der Waals surface area (Å²) in [6.45, 7) is 4.23. The fraction of sp³-hybridized carbons (Fsp3) is 0.500. The van der Waals surface area contributed by atoms with Gasteiger partial charge in [-0.2, -0.15) is 0 Å². The molecule has 5 heteroatoms. The van der Waals surface area contributed by atoms with Gasteiger partial charge >= 0.3 is 5.97 Å². The molecule has 1 aromatic carbocycles. The van der Waals surface area contributed by atoms with Gasteiger partial charge in [0.2, 0.25) is 5.91 Å². The summed E-state index contributed by atoms with van der Waals surface area (Å²) in [5, 5.41) is 12.5. The summed E-state index contributed by atoms with van der Waals surface area (Å²) in [4.78, 5) is 25.9. The largest absolute Gasteiger partial charge is 0.481 e. The molecule has 0 radical (unpaired) electrons. The molecule has 0 spiro atoms. The smallest absolute Gasteiger partial charge is 0.311 e. The first kappa shape index (κ1) is 14.1. The molecule has 0 aromatic heterocycles. The van der Waals surface area contributed by atoms with Gasteiger partial charge in [-0.1, -0.05) is 25.1 Å². The van der Waals surface area contributed by atoms with Crippen LogP contribution in [0.15, 0.2) is 24.3 Å². The van der Waals surface area contributed by atoms with Gasteiger partial charge in [-0.3, -0.25) is 9.59 Å². The maximum Gasteiger partial charge on any atom is 0.311 e. The van der Waals surface area contributed by atoms with E-state index in [9.17, 15) is 14.7 Å². The van der Waals surface area contributed by atoms with Crippen molar-refractivity contribution in [2.45, 2.75) is 19.3 Å². The number of carboxylic acid groups (broad SMARTS) is 1. The molecule has 0 bridgehead atoms. The highest BCUT2D eigenvalue weighted by Crippen LogP contribution is 2.36. The van der Waals surface area contributed by atoms with Gasteiger partial charge in [-0.15, -0.1) is 0 Å². The second kappa shape index (κ2) is 5.48. The number of amides is 1. The summed E-state index contributed by atoms with van der Waals surface area (Å²) < 4.78 is 0. The fourth-order valence-corrected chi connectivity index (χ4v) is 3.16. The Hall–Kier alpha value is -1.88. The summed E-state index contributed by atoms with van der Waals surface area (Å²) >= 11 is 0. The number of nitrogens with one attached hydrogen (secondary N) is 1. The van der Waals surface area contributed by atoms with Crippen molar-refractivity contribution < 1.29 is 14.7 Å². The number of hydrogen-bond acceptors (Lipinski definition) is 3. The Kier molecular flexibility index (Phi) is 3.68. The quantitative estimate of drug-likeness (QED) is 0.883. The lowest BCUT2D eigenvalue weighted by molar-refractivity contribution is -0.139. The standard InChI is InChI=1S/C16H20N2O3/c1-10(11-8-17-9-11)15(19)18-7-6-13(16(20)21)12-4-2-3-5-14(12)18/h2-5,10-11,13,17H,6-9H2,1H3,(H,20,21). The molecule has 5 nitrogen and oxygen atoms in total. The van der Waals surface area contributed by atoms with Crippen molar-refractivity contribution in [1.29, 1.82) is 0 Å². The number of nitrogens with zero attached hydrogens (tertiary/aromatic N) is 1. The zero-order chi connectivity index (χ0) is 15.0. The van der Waals surface area contributed by atoms with Crippen molar-refractivity contribution >= 4 is 17.6 Å². The van der Waals surface area contributed by atoms with Crippen LogP contribution in [0.4, 0.5) is 5.69 Å². The summed E-state index contributed by atoms with van der Waals surface area (Å²) in [6, 6.07) is 7.37. The van der Waals surface area contributed by atoms with Crippen molar-refractivity contribution in [3.05, 3.63) is 29.8 Å². The van der Waals surface area contributed by atoms with E-state index in [-0.39, 0.29) is 11.8 Å². The Morgan fingerprint density at radius 2 is 2.05 bits per heavy atom. The van der Waals surface area contributed by atoms with Crippen molar-refractivity contribution in [3.8, 4) is 0 Å². The number of carbonyl (C=O) groups excluding carboxylic acids is 1. The van der Waals surface area contributed by atoms with E-state index in [1.165, 1.54) is 0 Å². The number of hydrogen-bond donors (Lipinski definition) is 2. The molecular formula is C16H20N2O3. The number of fused-ring (bicyclic) bond motifs is 1. The second-order valence-corrected chi connectivity index (χ2v) is 5.94. The van der Waals surface area contributed by atoms with Crippen molar-refractivity contribution in [2.75, 3.05) is 24.5 Å². The van der Waals surface area contributed by atoms with Crippen LogP contribution in [-0.4, -0.2) is 36.6 Å². The monoisotopic (exact) mass is 288 g/mol. The molecule has 1 saturated heterocycles. The summed E-state index contributed by atoms with van der Waals surface area (Å²) in [5.74, 6) is -0.850. The lowest BCUT2D eigenvalue weighted by Gasteiger charge is -2.38. The van der Waals surface area contributed by atoms with E-state index < -0.39 is 11.9 Å². The highest BCUT2D eigenvalue weighted by Gasteiger charge is 2.37. The van der Waals surface area contributed by atoms with Gasteiger partial charge in [-0.25, -0.2) is 0 Å². The average molecular weight is 288 g/mol. The van der Waals surface area contributed by atoms with E-state index >= 15 is 0 Å². The predicted molar refractivity (Wildman–Crippen MR) is 79.3 cm³/mol. The molecule has 2 aliphatic rings. The molecule has 0 aliphatic carbocycles. The Morgan fingerprint density at radius 3 is 2.67 bits per heavy atom. The number of aliphatic carboxylic acids is 1. The third-order valence-corrected chi connectivity index (χ3v) is 4.72. The highest BCUT2D eigenvalue weighted by atomic mass is 16.4. The van der Waals surface area contributed by atoms with E-state index in [2.05, 4.69) is 5.32 Å². The molecule has 112 valence electrons. The van der Waals surface area contributed by atoms with Crippen molar-refractivity contribution in [3.63, 3.8) is 0 Å². The maximum absolute atomic E-state index is 12.7. The molecule has 1 amide bonds. The molecule has 2 atom stereocenters. The van der Waals surface area contributed by atoms with Crippen LogP contribution in [0.2, 0.25) is 0 Å². The van der Waals surface area contributed by atoms with Gasteiger partial charge in [0.05, 0.1) is 5.92 Å². The molecule has 2 heterocycles. The van der Waals surface area contributed by atoms with Crippen LogP contribution >= 0.6 is 0 Å². The average Bonchev–Trinajstić information content (AvgIpc) is 2.43. The molecule has 1 fully saturated rings. The molecule has 2 unspecified atom stereocenters. The van der Waals surface area contributed by atoms with E-state index in [1.807, 2.05) is 31.2 Å². The first-order chi connectivity index (χ1) is 10.1. The Balaban J connectivity index is 1.88. The number of anilines is 1. The summed E-state index contributed by atoms with van der Waals surface area (Å²) in [6.07, 6.45) is 0.480. The number of rotatable bonds is 3. The molecule has 1 aromatic rings. The van der Waals surface area contributed by atoms with Crippen LogP contribution in [0.3, 0.4) is 0 Å². The van der Waals surface area contributed by atoms with Gasteiger partial charge in [0, 0.05) is 18.2 Å². The lowest BCUT2D eigenvalue weighted by atomic mass is 9.85. The molecule has 21 heavy (non-hydrogen) atoms. The van der Waals surface area contributed by atoms with Gasteiger partial charge < -0.3 is 15.3 Å². The van der Waals surface area contributed by atoms with E-state index in [0.29, 0.717) is 18.9 Å². The Morgan fingerprint density at radius 1 is 1.33 bits per heavy atom. The molecule has 2 N–H and O–H groups in total. The van der Waals surface area contributed by atoms with Gasteiger partial charge in [0.25, 0.3) is 0 Å². The van der Waals surface area contributed by atoms with E-state index in [4.69, 9.17) is 0 Å². The zero-order valence-corrected chi connectivity index (χ0v) is 12.1. The topological polar surface area (TPSA) is 69.6 Å². The van der Waals surface area contributed by atoms with Crippen molar-refractivity contribution in [2.24, 2.45) is 11.8 Å². The lowest BCUT2D eigenvalue weighted by Crippen LogP contribution is -2.51. The van der Waals surface area contributed by atoms with Crippen LogP contribution in [0.25, 0.3) is 0 Å². The zero-order valence-electron chi connectivity index (χ0n) is 12.1. The van der Waals surface area contributed by atoms with E-state index in [0.717, 1.165) is 24.3 Å².